The van der Waals surface area contributed by atoms with Crippen molar-refractivity contribution in [2.24, 2.45) is 23.7 Å². The van der Waals surface area contributed by atoms with Gasteiger partial charge in [0.05, 0.1) is 6.61 Å². The van der Waals surface area contributed by atoms with E-state index in [-0.39, 0.29) is 5.75 Å². The van der Waals surface area contributed by atoms with Crippen LogP contribution in [0.1, 0.15) is 96.0 Å². The van der Waals surface area contributed by atoms with Crippen LogP contribution in [-0.4, -0.2) is 6.61 Å². The molecule has 3 aliphatic rings. The summed E-state index contributed by atoms with van der Waals surface area (Å²) in [5, 5.41) is 0. The summed E-state index contributed by atoms with van der Waals surface area (Å²) in [5.74, 6) is 1.49. The van der Waals surface area contributed by atoms with Gasteiger partial charge in [-0.2, -0.15) is 4.39 Å². The third kappa shape index (κ3) is 5.08. The Bertz CT molecular complexity index is 727. The van der Waals surface area contributed by atoms with Crippen molar-refractivity contribution < 1.29 is 13.5 Å². The first-order chi connectivity index (χ1) is 14.7. The minimum atomic E-state index is -0.817. The molecule has 0 heterocycles. The van der Waals surface area contributed by atoms with Gasteiger partial charge in [0.2, 0.25) is 5.82 Å². The van der Waals surface area contributed by atoms with Crippen molar-refractivity contribution in [3.8, 4) is 5.75 Å². The molecule has 166 valence electrons. The minimum Gasteiger partial charge on any atom is -0.490 e. The second-order valence-corrected chi connectivity index (χ2v) is 10.0. The summed E-state index contributed by atoms with van der Waals surface area (Å²) in [4.78, 5) is 0. The molecular weight excluding hydrogens is 378 g/mol. The van der Waals surface area contributed by atoms with Crippen molar-refractivity contribution in [3.63, 3.8) is 0 Å². The predicted octanol–water partition coefficient (Wildman–Crippen LogP) is 8.32. The molecule has 3 aliphatic carbocycles. The lowest BCUT2D eigenvalue weighted by atomic mass is 9.70. The molecule has 0 radical (unpaired) electrons. The summed E-state index contributed by atoms with van der Waals surface area (Å²) in [6, 6.07) is 3.36. The Balaban J connectivity index is 1.34. The van der Waals surface area contributed by atoms with Gasteiger partial charge in [-0.15, -0.1) is 0 Å². The molecule has 1 aromatic carbocycles. The van der Waals surface area contributed by atoms with E-state index in [1.165, 1.54) is 51.4 Å². The van der Waals surface area contributed by atoms with Gasteiger partial charge >= 0.3 is 0 Å². The van der Waals surface area contributed by atoms with Crippen molar-refractivity contribution in [2.75, 3.05) is 6.61 Å². The van der Waals surface area contributed by atoms with Crippen molar-refractivity contribution >= 4 is 5.57 Å². The summed E-state index contributed by atoms with van der Waals surface area (Å²) in [5.41, 5.74) is 1.41. The van der Waals surface area contributed by atoms with Crippen LogP contribution >= 0.6 is 0 Å². The monoisotopic (exact) mass is 416 g/mol. The first-order valence-electron chi connectivity index (χ1n) is 12.5. The normalized spacial score (nSPS) is 27.8. The van der Waals surface area contributed by atoms with Gasteiger partial charge < -0.3 is 4.74 Å². The third-order valence-corrected chi connectivity index (χ3v) is 8.05. The van der Waals surface area contributed by atoms with Crippen LogP contribution in [0.4, 0.5) is 8.78 Å². The molecule has 0 bridgehead atoms. The highest BCUT2D eigenvalue weighted by atomic mass is 19.2. The Morgan fingerprint density at radius 3 is 2.30 bits per heavy atom. The number of hydrogen-bond donors (Lipinski definition) is 0. The van der Waals surface area contributed by atoms with E-state index in [0.29, 0.717) is 18.1 Å². The number of hydrogen-bond acceptors (Lipinski definition) is 1. The van der Waals surface area contributed by atoms with Crippen LogP contribution in [0, 0.1) is 35.3 Å². The fraction of sp³-hybridized carbons (Fsp3) is 0.704. The van der Waals surface area contributed by atoms with Crippen LogP contribution in [0.3, 0.4) is 0 Å². The molecule has 0 spiro atoms. The lowest BCUT2D eigenvalue weighted by molar-refractivity contribution is 0.189. The van der Waals surface area contributed by atoms with Crippen LogP contribution in [0.15, 0.2) is 18.2 Å². The van der Waals surface area contributed by atoms with Gasteiger partial charge in [-0.25, -0.2) is 4.39 Å². The Morgan fingerprint density at radius 2 is 1.63 bits per heavy atom. The van der Waals surface area contributed by atoms with Crippen LogP contribution in [0.25, 0.3) is 5.57 Å². The Hall–Kier alpha value is -1.38. The standard InChI is InChI=1S/C27H38F2O/c1-2-5-19-8-10-21(11-9-19)22-12-14-23(15-13-22)24-16-17-25(27(29)26(24)28)30-18-20-6-3-4-7-20/h14,16-17,19-22H,2-13,15,18H2,1H3. The molecule has 2 saturated carbocycles. The van der Waals surface area contributed by atoms with E-state index in [9.17, 15) is 8.78 Å². The zero-order chi connectivity index (χ0) is 20.9. The molecule has 30 heavy (non-hydrogen) atoms. The van der Waals surface area contributed by atoms with E-state index in [1.54, 1.807) is 12.1 Å². The Kier molecular flexibility index (Phi) is 7.49. The number of benzene rings is 1. The SMILES string of the molecule is CCCC1CCC(C2CC=C(c3ccc(OCC4CCCC4)c(F)c3F)CC2)CC1. The molecule has 1 atom stereocenters. The van der Waals surface area contributed by atoms with Crippen LogP contribution in [0.5, 0.6) is 5.75 Å². The number of ether oxygens (including phenoxy) is 1. The highest BCUT2D eigenvalue weighted by molar-refractivity contribution is 5.67. The van der Waals surface area contributed by atoms with Crippen molar-refractivity contribution in [2.45, 2.75) is 90.4 Å². The fourth-order valence-electron chi connectivity index (χ4n) is 6.16. The van der Waals surface area contributed by atoms with E-state index < -0.39 is 11.6 Å². The average molecular weight is 417 g/mol. The van der Waals surface area contributed by atoms with Gasteiger partial charge in [-0.05, 0) is 86.3 Å². The van der Waals surface area contributed by atoms with Crippen molar-refractivity contribution in [1.29, 1.82) is 0 Å². The summed E-state index contributed by atoms with van der Waals surface area (Å²) >= 11 is 0. The third-order valence-electron chi connectivity index (χ3n) is 8.05. The second kappa shape index (κ2) is 10.3. The minimum absolute atomic E-state index is 0.0706. The summed E-state index contributed by atoms with van der Waals surface area (Å²) < 4.78 is 35.1. The van der Waals surface area contributed by atoms with E-state index in [0.717, 1.165) is 55.4 Å². The maximum Gasteiger partial charge on any atom is 0.201 e. The highest BCUT2D eigenvalue weighted by Gasteiger charge is 2.29. The summed E-state index contributed by atoms with van der Waals surface area (Å²) in [6.45, 7) is 2.79. The van der Waals surface area contributed by atoms with Gasteiger partial charge in [0.1, 0.15) is 0 Å². The maximum absolute atomic E-state index is 14.8. The maximum atomic E-state index is 14.8. The topological polar surface area (TPSA) is 9.23 Å². The largest absolute Gasteiger partial charge is 0.490 e. The molecule has 1 aromatic rings. The molecule has 1 nitrogen and oxygen atoms in total. The Labute approximate surface area is 181 Å². The van der Waals surface area contributed by atoms with Gasteiger partial charge in [0.15, 0.2) is 11.6 Å². The zero-order valence-corrected chi connectivity index (χ0v) is 18.6. The second-order valence-electron chi connectivity index (χ2n) is 10.0. The van der Waals surface area contributed by atoms with Gasteiger partial charge in [0, 0.05) is 5.56 Å². The zero-order valence-electron chi connectivity index (χ0n) is 18.6. The number of rotatable bonds is 7. The van der Waals surface area contributed by atoms with E-state index in [4.69, 9.17) is 4.74 Å². The summed E-state index contributed by atoms with van der Waals surface area (Å²) in [7, 11) is 0. The van der Waals surface area contributed by atoms with E-state index >= 15 is 0 Å². The molecule has 0 aromatic heterocycles. The molecule has 0 saturated heterocycles. The molecular formula is C27H38F2O. The smallest absolute Gasteiger partial charge is 0.201 e. The predicted molar refractivity (Wildman–Crippen MR) is 119 cm³/mol. The molecule has 0 N–H and O–H groups in total. The van der Waals surface area contributed by atoms with E-state index in [2.05, 4.69) is 13.0 Å². The first-order valence-corrected chi connectivity index (χ1v) is 12.5. The van der Waals surface area contributed by atoms with Gasteiger partial charge in [-0.3, -0.25) is 0 Å². The molecule has 1 unspecified atom stereocenters. The molecule has 0 amide bonds. The van der Waals surface area contributed by atoms with Gasteiger partial charge in [0.25, 0.3) is 0 Å². The highest BCUT2D eigenvalue weighted by Crippen LogP contribution is 2.42. The van der Waals surface area contributed by atoms with Crippen LogP contribution < -0.4 is 4.74 Å². The Morgan fingerprint density at radius 1 is 0.867 bits per heavy atom. The molecule has 0 aliphatic heterocycles. The lowest BCUT2D eigenvalue weighted by Gasteiger charge is -2.35. The fourth-order valence-corrected chi connectivity index (χ4v) is 6.16. The van der Waals surface area contributed by atoms with Crippen LogP contribution in [0.2, 0.25) is 0 Å². The summed E-state index contributed by atoms with van der Waals surface area (Å²) in [6.07, 6.45) is 18.0. The average Bonchev–Trinajstić information content (AvgIpc) is 3.30. The lowest BCUT2D eigenvalue weighted by Crippen LogP contribution is -2.23. The number of allylic oxidation sites excluding steroid dienone is 2. The van der Waals surface area contributed by atoms with Crippen LogP contribution in [-0.2, 0) is 0 Å². The number of halogens is 2. The molecule has 4 rings (SSSR count). The first kappa shape index (κ1) is 21.8. The van der Waals surface area contributed by atoms with E-state index in [1.807, 2.05) is 0 Å². The van der Waals surface area contributed by atoms with Crippen molar-refractivity contribution in [1.82, 2.24) is 0 Å². The van der Waals surface area contributed by atoms with Gasteiger partial charge in [-0.1, -0.05) is 51.5 Å². The molecule has 3 heteroatoms. The molecule has 2 fully saturated rings. The quantitative estimate of drug-likeness (QED) is 0.434. The van der Waals surface area contributed by atoms with Crippen molar-refractivity contribution in [3.05, 3.63) is 35.4 Å².